The van der Waals surface area contributed by atoms with Gasteiger partial charge in [-0.2, -0.15) is 0 Å². The molecule has 0 bridgehead atoms. The summed E-state index contributed by atoms with van der Waals surface area (Å²) in [4.78, 5) is 0. The van der Waals surface area contributed by atoms with Crippen LogP contribution in [0.4, 0.5) is 0 Å². The average Bonchev–Trinajstić information content (AvgIpc) is 2.50. The number of aliphatic hydroxyl groups is 1. The minimum atomic E-state index is -0.561. The summed E-state index contributed by atoms with van der Waals surface area (Å²) >= 11 is 0. The summed E-state index contributed by atoms with van der Waals surface area (Å²) in [7, 11) is 0. The maximum Gasteiger partial charge on any atom is 0.0703 e. The predicted octanol–water partition coefficient (Wildman–Crippen LogP) is 1.78. The number of aryl methyl sites for hydroxylation is 1. The van der Waals surface area contributed by atoms with Crippen LogP contribution in [0, 0.1) is 6.92 Å². The van der Waals surface area contributed by atoms with Crippen LogP contribution in [-0.4, -0.2) is 16.7 Å². The van der Waals surface area contributed by atoms with Crippen molar-refractivity contribution in [3.05, 3.63) is 35.4 Å². The monoisotopic (exact) mass is 205 g/mol. The molecule has 1 aromatic rings. The molecule has 0 radical (unpaired) electrons. The van der Waals surface area contributed by atoms with Crippen LogP contribution in [0.5, 0.6) is 0 Å². The third-order valence-corrected chi connectivity index (χ3v) is 3.28. The van der Waals surface area contributed by atoms with Crippen molar-refractivity contribution in [3.8, 4) is 0 Å². The first-order valence-corrected chi connectivity index (χ1v) is 5.61. The highest BCUT2D eigenvalue weighted by Crippen LogP contribution is 2.31. The highest BCUT2D eigenvalue weighted by molar-refractivity contribution is 5.23. The number of benzene rings is 1. The molecule has 82 valence electrons. The molecule has 1 aliphatic carbocycles. The van der Waals surface area contributed by atoms with Crippen LogP contribution in [0.1, 0.15) is 30.4 Å². The zero-order chi connectivity index (χ0) is 10.9. The third kappa shape index (κ3) is 2.58. The van der Waals surface area contributed by atoms with Crippen molar-refractivity contribution in [2.24, 2.45) is 5.73 Å². The second kappa shape index (κ2) is 3.95. The molecule has 1 aliphatic rings. The molecule has 3 N–H and O–H groups in total. The van der Waals surface area contributed by atoms with Gasteiger partial charge in [-0.25, -0.2) is 0 Å². The van der Waals surface area contributed by atoms with Crippen molar-refractivity contribution >= 4 is 0 Å². The van der Waals surface area contributed by atoms with Gasteiger partial charge in [-0.05, 0) is 31.7 Å². The maximum absolute atomic E-state index is 10.3. The highest BCUT2D eigenvalue weighted by Gasteiger charge is 2.35. The first-order valence-electron chi connectivity index (χ1n) is 5.61. The Bertz CT molecular complexity index is 333. The van der Waals surface area contributed by atoms with Crippen molar-refractivity contribution in [1.82, 2.24) is 0 Å². The first kappa shape index (κ1) is 10.7. The van der Waals surface area contributed by atoms with E-state index < -0.39 is 5.60 Å². The van der Waals surface area contributed by atoms with E-state index in [4.69, 9.17) is 5.73 Å². The number of hydrogen-bond donors (Lipinski definition) is 2. The van der Waals surface area contributed by atoms with Gasteiger partial charge >= 0.3 is 0 Å². The molecule has 2 nitrogen and oxygen atoms in total. The Hall–Kier alpha value is -0.860. The van der Waals surface area contributed by atoms with E-state index in [9.17, 15) is 5.11 Å². The normalized spacial score (nSPS) is 30.7. The van der Waals surface area contributed by atoms with Gasteiger partial charge in [-0.15, -0.1) is 0 Å². The van der Waals surface area contributed by atoms with Gasteiger partial charge in [0.1, 0.15) is 0 Å². The SMILES string of the molecule is Cc1ccc(CC2(O)CCC(N)C2)cc1. The summed E-state index contributed by atoms with van der Waals surface area (Å²) in [5.41, 5.74) is 7.73. The van der Waals surface area contributed by atoms with Gasteiger partial charge in [0.25, 0.3) is 0 Å². The van der Waals surface area contributed by atoms with Gasteiger partial charge < -0.3 is 10.8 Å². The molecule has 2 unspecified atom stereocenters. The molecule has 0 aliphatic heterocycles. The lowest BCUT2D eigenvalue weighted by Crippen LogP contribution is -2.30. The van der Waals surface area contributed by atoms with E-state index in [0.717, 1.165) is 25.7 Å². The Balaban J connectivity index is 2.05. The molecule has 0 saturated heterocycles. The summed E-state index contributed by atoms with van der Waals surface area (Å²) in [5, 5.41) is 10.3. The summed E-state index contributed by atoms with van der Waals surface area (Å²) < 4.78 is 0. The molecule has 2 atom stereocenters. The Kier molecular flexibility index (Phi) is 2.81. The Morgan fingerprint density at radius 1 is 1.40 bits per heavy atom. The van der Waals surface area contributed by atoms with Gasteiger partial charge in [0.05, 0.1) is 5.60 Å². The quantitative estimate of drug-likeness (QED) is 0.773. The van der Waals surface area contributed by atoms with Gasteiger partial charge in [0.15, 0.2) is 0 Å². The first-order chi connectivity index (χ1) is 7.07. The molecule has 0 aromatic heterocycles. The molecule has 2 heteroatoms. The second-order valence-electron chi connectivity index (χ2n) is 4.89. The molecule has 0 heterocycles. The van der Waals surface area contributed by atoms with Crippen LogP contribution < -0.4 is 5.73 Å². The van der Waals surface area contributed by atoms with Crippen molar-refractivity contribution in [2.45, 2.75) is 44.2 Å². The number of hydrogen-bond acceptors (Lipinski definition) is 2. The van der Waals surface area contributed by atoms with Crippen LogP contribution in [0.3, 0.4) is 0 Å². The molecule has 2 rings (SSSR count). The lowest BCUT2D eigenvalue weighted by molar-refractivity contribution is 0.0468. The summed E-state index contributed by atoms with van der Waals surface area (Å²) in [5.74, 6) is 0. The van der Waals surface area contributed by atoms with Gasteiger partial charge in [0.2, 0.25) is 0 Å². The topological polar surface area (TPSA) is 46.2 Å². The summed E-state index contributed by atoms with van der Waals surface area (Å²) in [6, 6.07) is 8.55. The minimum Gasteiger partial charge on any atom is -0.389 e. The fourth-order valence-electron chi connectivity index (χ4n) is 2.39. The van der Waals surface area contributed by atoms with E-state index in [1.165, 1.54) is 11.1 Å². The zero-order valence-electron chi connectivity index (χ0n) is 9.24. The summed E-state index contributed by atoms with van der Waals surface area (Å²) in [6.45, 7) is 2.07. The van der Waals surface area contributed by atoms with Crippen LogP contribution in [0.2, 0.25) is 0 Å². The van der Waals surface area contributed by atoms with Crippen molar-refractivity contribution in [1.29, 1.82) is 0 Å². The zero-order valence-corrected chi connectivity index (χ0v) is 9.24. The van der Waals surface area contributed by atoms with E-state index in [-0.39, 0.29) is 6.04 Å². The molecule has 15 heavy (non-hydrogen) atoms. The molecule has 1 fully saturated rings. The van der Waals surface area contributed by atoms with Crippen LogP contribution in [0.15, 0.2) is 24.3 Å². The minimum absolute atomic E-state index is 0.181. The Labute approximate surface area is 91.1 Å². The maximum atomic E-state index is 10.3. The molecular formula is C13H19NO. The fourth-order valence-corrected chi connectivity index (χ4v) is 2.39. The van der Waals surface area contributed by atoms with Crippen LogP contribution in [-0.2, 0) is 6.42 Å². The lowest BCUT2D eigenvalue weighted by atomic mass is 9.92. The van der Waals surface area contributed by atoms with E-state index in [0.29, 0.717) is 0 Å². The second-order valence-corrected chi connectivity index (χ2v) is 4.89. The summed E-state index contributed by atoms with van der Waals surface area (Å²) in [6.07, 6.45) is 3.26. The molecular weight excluding hydrogens is 186 g/mol. The van der Waals surface area contributed by atoms with E-state index in [1.54, 1.807) is 0 Å². The van der Waals surface area contributed by atoms with E-state index in [1.807, 2.05) is 0 Å². The molecule has 1 saturated carbocycles. The van der Waals surface area contributed by atoms with E-state index >= 15 is 0 Å². The highest BCUT2D eigenvalue weighted by atomic mass is 16.3. The van der Waals surface area contributed by atoms with Gasteiger partial charge in [0, 0.05) is 12.5 Å². The molecule has 0 amide bonds. The molecule has 1 aromatic carbocycles. The van der Waals surface area contributed by atoms with Gasteiger partial charge in [-0.3, -0.25) is 0 Å². The van der Waals surface area contributed by atoms with Gasteiger partial charge in [-0.1, -0.05) is 29.8 Å². The number of rotatable bonds is 2. The van der Waals surface area contributed by atoms with Crippen LogP contribution in [0.25, 0.3) is 0 Å². The lowest BCUT2D eigenvalue weighted by Gasteiger charge is -2.22. The predicted molar refractivity (Wildman–Crippen MR) is 61.7 cm³/mol. The Morgan fingerprint density at radius 2 is 2.07 bits per heavy atom. The third-order valence-electron chi connectivity index (χ3n) is 3.28. The van der Waals surface area contributed by atoms with Crippen molar-refractivity contribution in [3.63, 3.8) is 0 Å². The Morgan fingerprint density at radius 3 is 2.60 bits per heavy atom. The molecule has 0 spiro atoms. The standard InChI is InChI=1S/C13H19NO/c1-10-2-4-11(5-3-10)8-13(15)7-6-12(14)9-13/h2-5,12,15H,6-9,14H2,1H3. The number of nitrogens with two attached hydrogens (primary N) is 1. The smallest absolute Gasteiger partial charge is 0.0703 e. The fraction of sp³-hybridized carbons (Fsp3) is 0.538. The largest absolute Gasteiger partial charge is 0.389 e. The van der Waals surface area contributed by atoms with E-state index in [2.05, 4.69) is 31.2 Å². The van der Waals surface area contributed by atoms with Crippen LogP contribution >= 0.6 is 0 Å². The average molecular weight is 205 g/mol. The van der Waals surface area contributed by atoms with Crippen molar-refractivity contribution in [2.75, 3.05) is 0 Å². The van der Waals surface area contributed by atoms with Crippen molar-refractivity contribution < 1.29 is 5.11 Å².